The van der Waals surface area contributed by atoms with Crippen LogP contribution < -0.4 is 10.6 Å². The molecule has 0 bridgehead atoms. The maximum absolute atomic E-state index is 4.49. The summed E-state index contributed by atoms with van der Waals surface area (Å²) in [6.07, 6.45) is 4.00. The fourth-order valence-corrected chi connectivity index (χ4v) is 2.48. The first-order valence-corrected chi connectivity index (χ1v) is 7.60. The van der Waals surface area contributed by atoms with Gasteiger partial charge in [-0.2, -0.15) is 0 Å². The largest absolute Gasteiger partial charge is 0.357 e. The van der Waals surface area contributed by atoms with Crippen molar-refractivity contribution < 1.29 is 0 Å². The van der Waals surface area contributed by atoms with Gasteiger partial charge in [-0.05, 0) is 26.2 Å². The highest BCUT2D eigenvalue weighted by molar-refractivity contribution is 9.11. The van der Waals surface area contributed by atoms with E-state index in [1.54, 1.807) is 0 Å². The van der Waals surface area contributed by atoms with Crippen LogP contribution in [-0.4, -0.2) is 49.1 Å². The molecular formula is C13H23BrN4. The molecule has 1 aliphatic carbocycles. The van der Waals surface area contributed by atoms with E-state index in [0.29, 0.717) is 12.6 Å². The molecule has 0 spiro atoms. The Bertz CT molecular complexity index is 325. The number of hydrogen-bond donors (Lipinski definition) is 2. The third-order valence-corrected chi connectivity index (χ3v) is 3.63. The summed E-state index contributed by atoms with van der Waals surface area (Å²) in [6.45, 7) is 9.79. The Morgan fingerprint density at radius 3 is 2.83 bits per heavy atom. The minimum Gasteiger partial charge on any atom is -0.357 e. The first kappa shape index (κ1) is 13.9. The second-order valence-corrected chi connectivity index (χ2v) is 6.19. The molecule has 1 unspecified atom stereocenters. The maximum Gasteiger partial charge on any atom is 0.191 e. The Morgan fingerprint density at radius 2 is 2.22 bits per heavy atom. The second-order valence-electron chi connectivity index (χ2n) is 5.07. The number of nitrogens with zero attached hydrogens (tertiary/aromatic N) is 2. The zero-order chi connectivity index (χ0) is 13.0. The highest BCUT2D eigenvalue weighted by Gasteiger charge is 2.34. The summed E-state index contributed by atoms with van der Waals surface area (Å²) in [4.78, 5) is 7.09. The van der Waals surface area contributed by atoms with E-state index in [0.717, 1.165) is 29.6 Å². The summed E-state index contributed by atoms with van der Waals surface area (Å²) in [7, 11) is 0. The molecule has 102 valence electrons. The molecule has 1 saturated heterocycles. The van der Waals surface area contributed by atoms with Gasteiger partial charge in [0.15, 0.2) is 5.96 Å². The fraction of sp³-hybridized carbons (Fsp3) is 0.769. The van der Waals surface area contributed by atoms with E-state index in [-0.39, 0.29) is 0 Å². The van der Waals surface area contributed by atoms with Gasteiger partial charge in [0, 0.05) is 36.2 Å². The second kappa shape index (κ2) is 6.57. The average molecular weight is 315 g/mol. The predicted molar refractivity (Wildman–Crippen MR) is 80.2 cm³/mol. The smallest absolute Gasteiger partial charge is 0.191 e. The number of nitrogens with one attached hydrogen (secondary N) is 2. The standard InChI is InChI=1S/C13H23BrN4/c1-3-15-13(16-8-10(2)14)17-11-6-7-18(9-11)12-4-5-12/h11-12H,2-9H2,1H3,(H2,15,16,17). The quantitative estimate of drug-likeness (QED) is 0.599. The highest BCUT2D eigenvalue weighted by Crippen LogP contribution is 2.29. The van der Waals surface area contributed by atoms with Crippen LogP contribution in [-0.2, 0) is 0 Å². The molecule has 2 N–H and O–H groups in total. The Labute approximate surface area is 118 Å². The van der Waals surface area contributed by atoms with Gasteiger partial charge in [-0.3, -0.25) is 4.90 Å². The molecule has 2 fully saturated rings. The fourth-order valence-electron chi connectivity index (χ4n) is 2.35. The third-order valence-electron chi connectivity index (χ3n) is 3.38. The van der Waals surface area contributed by atoms with Crippen LogP contribution in [0.15, 0.2) is 16.1 Å². The van der Waals surface area contributed by atoms with Crippen LogP contribution in [0.2, 0.25) is 0 Å². The van der Waals surface area contributed by atoms with Crippen LogP contribution in [0.25, 0.3) is 0 Å². The van der Waals surface area contributed by atoms with E-state index in [9.17, 15) is 0 Å². The van der Waals surface area contributed by atoms with Gasteiger partial charge in [-0.25, -0.2) is 4.99 Å². The van der Waals surface area contributed by atoms with Gasteiger partial charge in [0.1, 0.15) is 0 Å². The van der Waals surface area contributed by atoms with E-state index in [1.165, 1.54) is 25.8 Å². The van der Waals surface area contributed by atoms with Crippen molar-refractivity contribution in [2.24, 2.45) is 4.99 Å². The Kier molecular flexibility index (Phi) is 5.06. The molecule has 0 aromatic carbocycles. The summed E-state index contributed by atoms with van der Waals surface area (Å²) < 4.78 is 0.908. The van der Waals surface area contributed by atoms with Crippen LogP contribution in [0, 0.1) is 0 Å². The van der Waals surface area contributed by atoms with E-state index >= 15 is 0 Å². The van der Waals surface area contributed by atoms with Gasteiger partial charge >= 0.3 is 0 Å². The van der Waals surface area contributed by atoms with Gasteiger partial charge < -0.3 is 10.6 Å². The molecule has 0 radical (unpaired) electrons. The van der Waals surface area contributed by atoms with Gasteiger partial charge in [0.2, 0.25) is 0 Å². The first-order chi connectivity index (χ1) is 8.69. The predicted octanol–water partition coefficient (Wildman–Crippen LogP) is 1.69. The van der Waals surface area contributed by atoms with Crippen molar-refractivity contribution in [2.75, 3.05) is 26.2 Å². The summed E-state index contributed by atoms with van der Waals surface area (Å²) in [6, 6.07) is 1.41. The Morgan fingerprint density at radius 1 is 1.44 bits per heavy atom. The molecule has 0 amide bonds. The van der Waals surface area contributed by atoms with Crippen molar-refractivity contribution in [1.82, 2.24) is 15.5 Å². The Balaban J connectivity index is 1.80. The lowest BCUT2D eigenvalue weighted by atomic mass is 10.3. The minimum absolute atomic E-state index is 0.534. The molecule has 0 aromatic rings. The molecule has 4 nitrogen and oxygen atoms in total. The SMILES string of the molecule is C=C(Br)CN=C(NCC)NC1CCN(C2CC2)C1. The zero-order valence-electron chi connectivity index (χ0n) is 11.1. The van der Waals surface area contributed by atoms with Crippen molar-refractivity contribution in [3.8, 4) is 0 Å². The van der Waals surface area contributed by atoms with Crippen molar-refractivity contribution in [3.05, 3.63) is 11.1 Å². The normalized spacial score (nSPS) is 25.2. The number of rotatable bonds is 5. The summed E-state index contributed by atoms with van der Waals surface area (Å²) in [5, 5.41) is 6.80. The molecule has 18 heavy (non-hydrogen) atoms. The lowest BCUT2D eigenvalue weighted by molar-refractivity contribution is 0.321. The van der Waals surface area contributed by atoms with E-state index < -0.39 is 0 Å². The number of hydrogen-bond acceptors (Lipinski definition) is 2. The van der Waals surface area contributed by atoms with Crippen molar-refractivity contribution in [1.29, 1.82) is 0 Å². The van der Waals surface area contributed by atoms with Gasteiger partial charge in [-0.1, -0.05) is 22.5 Å². The van der Waals surface area contributed by atoms with Crippen LogP contribution in [0.3, 0.4) is 0 Å². The lowest BCUT2D eigenvalue weighted by Crippen LogP contribution is -2.44. The summed E-state index contributed by atoms with van der Waals surface area (Å²) in [5.74, 6) is 0.903. The van der Waals surface area contributed by atoms with E-state index in [4.69, 9.17) is 0 Å². The Hall–Kier alpha value is -0.550. The van der Waals surface area contributed by atoms with Gasteiger partial charge in [0.25, 0.3) is 0 Å². The van der Waals surface area contributed by atoms with E-state index in [1.807, 2.05) is 0 Å². The molecule has 1 atom stereocenters. The highest BCUT2D eigenvalue weighted by atomic mass is 79.9. The van der Waals surface area contributed by atoms with Crippen LogP contribution in [0.1, 0.15) is 26.2 Å². The maximum atomic E-state index is 4.49. The van der Waals surface area contributed by atoms with Crippen molar-refractivity contribution in [2.45, 2.75) is 38.3 Å². The molecule has 2 rings (SSSR count). The minimum atomic E-state index is 0.534. The molecule has 5 heteroatoms. The lowest BCUT2D eigenvalue weighted by Gasteiger charge is -2.18. The monoisotopic (exact) mass is 314 g/mol. The average Bonchev–Trinajstić information content (AvgIpc) is 3.08. The van der Waals surface area contributed by atoms with Crippen LogP contribution in [0.4, 0.5) is 0 Å². The molecule has 1 saturated carbocycles. The topological polar surface area (TPSA) is 39.7 Å². The zero-order valence-corrected chi connectivity index (χ0v) is 12.7. The van der Waals surface area contributed by atoms with Gasteiger partial charge in [-0.15, -0.1) is 0 Å². The van der Waals surface area contributed by atoms with E-state index in [2.05, 4.69) is 50.0 Å². The van der Waals surface area contributed by atoms with Crippen LogP contribution >= 0.6 is 15.9 Å². The molecule has 1 heterocycles. The third kappa shape index (κ3) is 4.28. The number of likely N-dealkylation sites (tertiary alicyclic amines) is 1. The summed E-state index contributed by atoms with van der Waals surface area (Å²) >= 11 is 3.34. The number of aliphatic imine (C=N–C) groups is 1. The number of guanidine groups is 1. The van der Waals surface area contributed by atoms with Crippen LogP contribution in [0.5, 0.6) is 0 Å². The first-order valence-electron chi connectivity index (χ1n) is 6.81. The van der Waals surface area contributed by atoms with Crippen molar-refractivity contribution in [3.63, 3.8) is 0 Å². The molecule has 2 aliphatic rings. The number of halogens is 1. The van der Waals surface area contributed by atoms with Crippen molar-refractivity contribution >= 4 is 21.9 Å². The van der Waals surface area contributed by atoms with Gasteiger partial charge in [0.05, 0.1) is 6.54 Å². The molecule has 0 aromatic heterocycles. The molecular weight excluding hydrogens is 292 g/mol. The summed E-state index contributed by atoms with van der Waals surface area (Å²) in [5.41, 5.74) is 0. The molecule has 1 aliphatic heterocycles.